The first-order valence-electron chi connectivity index (χ1n) is 6.15. The number of aliphatic carboxylic acids is 1. The molecule has 0 unspecified atom stereocenters. The summed E-state index contributed by atoms with van der Waals surface area (Å²) in [6.45, 7) is 7.06. The highest BCUT2D eigenvalue weighted by molar-refractivity contribution is 5.73. The van der Waals surface area contributed by atoms with E-state index in [1.807, 2.05) is 23.6 Å². The Morgan fingerprint density at radius 2 is 2.12 bits per heavy atom. The van der Waals surface area contributed by atoms with Gasteiger partial charge in [0.25, 0.3) is 0 Å². The van der Waals surface area contributed by atoms with Crippen molar-refractivity contribution in [2.24, 2.45) is 0 Å². The molecule has 0 bridgehead atoms. The summed E-state index contributed by atoms with van der Waals surface area (Å²) >= 11 is 0. The summed E-state index contributed by atoms with van der Waals surface area (Å²) in [6, 6.07) is 0.353. The number of carboxylic acid groups (broad SMARTS) is 1. The quantitative estimate of drug-likeness (QED) is 0.792. The summed E-state index contributed by atoms with van der Waals surface area (Å²) in [5.74, 6) is -0.729. The van der Waals surface area contributed by atoms with E-state index in [1.165, 1.54) is 0 Å². The zero-order valence-electron chi connectivity index (χ0n) is 10.8. The van der Waals surface area contributed by atoms with Gasteiger partial charge in [0.05, 0.1) is 6.54 Å². The van der Waals surface area contributed by atoms with E-state index >= 15 is 0 Å². The maximum Gasteiger partial charge on any atom is 0.317 e. The van der Waals surface area contributed by atoms with Crippen LogP contribution in [-0.2, 0) is 9.59 Å². The van der Waals surface area contributed by atoms with E-state index in [0.29, 0.717) is 6.54 Å². The SMILES string of the molecule is CC(=O)N1CCC[C@@H](N(CC(=O)O)C(C)C)C1. The van der Waals surface area contributed by atoms with Crippen LogP contribution in [0, 0.1) is 0 Å². The third-order valence-electron chi connectivity index (χ3n) is 3.29. The van der Waals surface area contributed by atoms with Crippen LogP contribution in [-0.4, -0.2) is 58.5 Å². The Morgan fingerprint density at radius 3 is 2.59 bits per heavy atom. The van der Waals surface area contributed by atoms with Crippen molar-refractivity contribution in [3.8, 4) is 0 Å². The van der Waals surface area contributed by atoms with Crippen molar-refractivity contribution in [2.75, 3.05) is 19.6 Å². The molecule has 0 aliphatic carbocycles. The highest BCUT2D eigenvalue weighted by Gasteiger charge is 2.29. The van der Waals surface area contributed by atoms with Gasteiger partial charge in [0.1, 0.15) is 0 Å². The minimum absolute atomic E-state index is 0.0497. The van der Waals surface area contributed by atoms with Crippen molar-refractivity contribution in [3.05, 3.63) is 0 Å². The van der Waals surface area contributed by atoms with Crippen LogP contribution in [0.2, 0.25) is 0 Å². The van der Waals surface area contributed by atoms with Gasteiger partial charge in [0.2, 0.25) is 5.91 Å². The van der Waals surface area contributed by atoms with E-state index in [9.17, 15) is 9.59 Å². The van der Waals surface area contributed by atoms with Gasteiger partial charge >= 0.3 is 5.97 Å². The lowest BCUT2D eigenvalue weighted by Gasteiger charge is -2.40. The summed E-state index contributed by atoms with van der Waals surface area (Å²) < 4.78 is 0. The first kappa shape index (κ1) is 14.0. The van der Waals surface area contributed by atoms with Crippen molar-refractivity contribution in [3.63, 3.8) is 0 Å². The fourth-order valence-electron chi connectivity index (χ4n) is 2.40. The summed E-state index contributed by atoms with van der Waals surface area (Å²) in [5, 5.41) is 8.92. The van der Waals surface area contributed by atoms with Crippen LogP contribution in [0.25, 0.3) is 0 Å². The predicted octanol–water partition coefficient (Wildman–Crippen LogP) is 0.792. The smallest absolute Gasteiger partial charge is 0.317 e. The molecule has 1 amide bonds. The summed E-state index contributed by atoms with van der Waals surface area (Å²) in [6.07, 6.45) is 1.92. The van der Waals surface area contributed by atoms with Gasteiger partial charge in [0.15, 0.2) is 0 Å². The fraction of sp³-hybridized carbons (Fsp3) is 0.833. The van der Waals surface area contributed by atoms with Crippen molar-refractivity contribution in [2.45, 2.75) is 45.7 Å². The Hall–Kier alpha value is -1.10. The van der Waals surface area contributed by atoms with Crippen LogP contribution in [0.4, 0.5) is 0 Å². The lowest BCUT2D eigenvalue weighted by Crippen LogP contribution is -2.52. The topological polar surface area (TPSA) is 60.9 Å². The predicted molar refractivity (Wildman–Crippen MR) is 64.8 cm³/mol. The normalized spacial score (nSPS) is 21.0. The molecular formula is C12H22N2O3. The summed E-state index contributed by atoms with van der Waals surface area (Å²) in [5.41, 5.74) is 0. The van der Waals surface area contributed by atoms with Crippen LogP contribution in [0.3, 0.4) is 0 Å². The first-order chi connectivity index (χ1) is 7.91. The maximum absolute atomic E-state index is 11.4. The molecule has 0 saturated carbocycles. The molecule has 5 heteroatoms. The second-order valence-electron chi connectivity index (χ2n) is 4.92. The van der Waals surface area contributed by atoms with Gasteiger partial charge in [-0.15, -0.1) is 0 Å². The Morgan fingerprint density at radius 1 is 1.47 bits per heavy atom. The number of piperidine rings is 1. The van der Waals surface area contributed by atoms with Crippen LogP contribution in [0.15, 0.2) is 0 Å². The molecule has 1 heterocycles. The molecule has 1 aliphatic rings. The number of hydrogen-bond donors (Lipinski definition) is 1. The minimum Gasteiger partial charge on any atom is -0.480 e. The lowest BCUT2D eigenvalue weighted by atomic mass is 10.0. The molecule has 1 saturated heterocycles. The Labute approximate surface area is 102 Å². The third-order valence-corrected chi connectivity index (χ3v) is 3.29. The number of carbonyl (C=O) groups is 2. The second kappa shape index (κ2) is 6.00. The van der Waals surface area contributed by atoms with E-state index in [4.69, 9.17) is 5.11 Å². The number of amides is 1. The van der Waals surface area contributed by atoms with Gasteiger partial charge in [-0.2, -0.15) is 0 Å². The molecule has 0 aromatic carbocycles. The Bertz CT molecular complexity index is 291. The van der Waals surface area contributed by atoms with E-state index < -0.39 is 5.97 Å². The highest BCUT2D eigenvalue weighted by atomic mass is 16.4. The van der Waals surface area contributed by atoms with E-state index in [1.54, 1.807) is 6.92 Å². The van der Waals surface area contributed by atoms with Gasteiger partial charge in [0, 0.05) is 32.1 Å². The van der Waals surface area contributed by atoms with Gasteiger partial charge in [-0.05, 0) is 26.7 Å². The maximum atomic E-state index is 11.4. The zero-order chi connectivity index (χ0) is 13.0. The average molecular weight is 242 g/mol. The number of nitrogens with zero attached hydrogens (tertiary/aromatic N) is 2. The minimum atomic E-state index is -0.807. The Balaban J connectivity index is 2.66. The number of hydrogen-bond acceptors (Lipinski definition) is 3. The third kappa shape index (κ3) is 4.00. The number of carboxylic acids is 1. The van der Waals surface area contributed by atoms with Gasteiger partial charge < -0.3 is 10.0 Å². The average Bonchev–Trinajstić information content (AvgIpc) is 2.25. The van der Waals surface area contributed by atoms with E-state index in [2.05, 4.69) is 0 Å². The van der Waals surface area contributed by atoms with Crippen molar-refractivity contribution < 1.29 is 14.7 Å². The molecule has 0 spiro atoms. The molecule has 1 aliphatic heterocycles. The van der Waals surface area contributed by atoms with Crippen LogP contribution < -0.4 is 0 Å². The molecule has 0 aromatic rings. The second-order valence-corrected chi connectivity index (χ2v) is 4.92. The zero-order valence-corrected chi connectivity index (χ0v) is 10.8. The molecule has 1 rings (SSSR count). The van der Waals surface area contributed by atoms with Crippen molar-refractivity contribution >= 4 is 11.9 Å². The van der Waals surface area contributed by atoms with Crippen LogP contribution in [0.5, 0.6) is 0 Å². The highest BCUT2D eigenvalue weighted by Crippen LogP contribution is 2.18. The first-order valence-corrected chi connectivity index (χ1v) is 6.15. The standard InChI is InChI=1S/C12H22N2O3/c1-9(2)14(8-12(16)17)11-5-4-6-13(7-11)10(3)15/h9,11H,4-8H2,1-3H3,(H,16,17)/t11-/m1/s1. The van der Waals surface area contributed by atoms with Gasteiger partial charge in [-0.25, -0.2) is 0 Å². The molecule has 5 nitrogen and oxygen atoms in total. The monoisotopic (exact) mass is 242 g/mol. The molecule has 1 N–H and O–H groups in total. The molecule has 98 valence electrons. The van der Waals surface area contributed by atoms with Crippen LogP contribution in [0.1, 0.15) is 33.6 Å². The Kier molecular flexibility index (Phi) is 4.93. The van der Waals surface area contributed by atoms with Gasteiger partial charge in [-0.3, -0.25) is 14.5 Å². The van der Waals surface area contributed by atoms with E-state index in [0.717, 1.165) is 19.4 Å². The molecule has 1 atom stereocenters. The lowest BCUT2D eigenvalue weighted by molar-refractivity contribution is -0.140. The molecule has 0 radical (unpaired) electrons. The molecular weight excluding hydrogens is 220 g/mol. The number of likely N-dealkylation sites (tertiary alicyclic amines) is 1. The number of rotatable bonds is 4. The van der Waals surface area contributed by atoms with E-state index in [-0.39, 0.29) is 24.5 Å². The molecule has 17 heavy (non-hydrogen) atoms. The molecule has 0 aromatic heterocycles. The van der Waals surface area contributed by atoms with Crippen molar-refractivity contribution in [1.29, 1.82) is 0 Å². The van der Waals surface area contributed by atoms with Crippen molar-refractivity contribution in [1.82, 2.24) is 9.80 Å². The van der Waals surface area contributed by atoms with Crippen LogP contribution >= 0.6 is 0 Å². The van der Waals surface area contributed by atoms with Gasteiger partial charge in [-0.1, -0.05) is 0 Å². The number of carbonyl (C=O) groups excluding carboxylic acids is 1. The fourth-order valence-corrected chi connectivity index (χ4v) is 2.40. The summed E-state index contributed by atoms with van der Waals surface area (Å²) in [7, 11) is 0. The summed E-state index contributed by atoms with van der Waals surface area (Å²) in [4.78, 5) is 26.0. The largest absolute Gasteiger partial charge is 0.480 e. The molecule has 1 fully saturated rings.